The van der Waals surface area contributed by atoms with Gasteiger partial charge in [-0.2, -0.15) is 5.10 Å². The fourth-order valence-corrected chi connectivity index (χ4v) is 2.64. The zero-order chi connectivity index (χ0) is 11.5. The monoisotopic (exact) mass is 221 g/mol. The average molecular weight is 221 g/mol. The van der Waals surface area contributed by atoms with Crippen molar-refractivity contribution in [2.45, 2.75) is 52.4 Å². The molecule has 0 radical (unpaired) electrons. The Balaban J connectivity index is 2.20. The van der Waals surface area contributed by atoms with Gasteiger partial charge in [0.2, 0.25) is 0 Å². The zero-order valence-corrected chi connectivity index (χ0v) is 10.6. The van der Waals surface area contributed by atoms with E-state index in [-0.39, 0.29) is 0 Å². The van der Waals surface area contributed by atoms with Crippen molar-refractivity contribution in [3.63, 3.8) is 0 Å². The molecule has 1 aliphatic rings. The number of nitrogens with zero attached hydrogens (tertiary/aromatic N) is 1. The molecule has 0 bridgehead atoms. The number of hydrogen-bond donors (Lipinski definition) is 2. The summed E-state index contributed by atoms with van der Waals surface area (Å²) in [7, 11) is 0. The van der Waals surface area contributed by atoms with Gasteiger partial charge in [-0.05, 0) is 31.6 Å². The van der Waals surface area contributed by atoms with Crippen LogP contribution in [0.4, 0.5) is 5.82 Å². The molecule has 3 nitrogen and oxygen atoms in total. The van der Waals surface area contributed by atoms with Gasteiger partial charge in [-0.3, -0.25) is 5.10 Å². The number of rotatable bonds is 4. The van der Waals surface area contributed by atoms with Crippen molar-refractivity contribution < 1.29 is 0 Å². The first kappa shape index (κ1) is 11.5. The molecule has 0 amide bonds. The molecule has 0 aliphatic heterocycles. The number of fused-ring (bicyclic) bond motifs is 1. The van der Waals surface area contributed by atoms with Crippen molar-refractivity contribution in [3.8, 4) is 0 Å². The van der Waals surface area contributed by atoms with Gasteiger partial charge in [-0.1, -0.05) is 20.8 Å². The summed E-state index contributed by atoms with van der Waals surface area (Å²) in [6.07, 6.45) is 4.94. The third-order valence-corrected chi connectivity index (χ3v) is 3.56. The van der Waals surface area contributed by atoms with E-state index < -0.39 is 0 Å². The summed E-state index contributed by atoms with van der Waals surface area (Å²) in [5.41, 5.74) is 2.83. The van der Waals surface area contributed by atoms with Gasteiger partial charge in [0.15, 0.2) is 5.82 Å². The summed E-state index contributed by atoms with van der Waals surface area (Å²) in [5, 5.41) is 11.1. The molecule has 16 heavy (non-hydrogen) atoms. The van der Waals surface area contributed by atoms with Crippen LogP contribution in [0.25, 0.3) is 0 Å². The zero-order valence-electron chi connectivity index (χ0n) is 10.6. The van der Waals surface area contributed by atoms with E-state index in [2.05, 4.69) is 36.3 Å². The minimum atomic E-state index is 0.674. The Kier molecular flexibility index (Phi) is 3.52. The lowest BCUT2D eigenvalue weighted by atomic mass is 9.81. The summed E-state index contributed by atoms with van der Waals surface area (Å²) in [4.78, 5) is 0. The standard InChI is InChI=1S/C13H23N3/c1-4-8-14-13-11-7-5-6-10(9(2)3)12(11)15-16-13/h9-10H,4-8H2,1-3H3,(H2,14,15,16). The molecule has 1 aliphatic carbocycles. The predicted molar refractivity (Wildman–Crippen MR) is 67.9 cm³/mol. The molecule has 0 aromatic carbocycles. The molecule has 1 unspecified atom stereocenters. The second-order valence-electron chi connectivity index (χ2n) is 5.13. The lowest BCUT2D eigenvalue weighted by Crippen LogP contribution is -2.15. The van der Waals surface area contributed by atoms with Gasteiger partial charge >= 0.3 is 0 Å². The van der Waals surface area contributed by atoms with Crippen LogP contribution in [0.1, 0.15) is 57.2 Å². The van der Waals surface area contributed by atoms with Crippen LogP contribution in [-0.4, -0.2) is 16.7 Å². The van der Waals surface area contributed by atoms with E-state index in [0.717, 1.165) is 18.8 Å². The molecule has 0 spiro atoms. The number of anilines is 1. The molecule has 0 saturated carbocycles. The van der Waals surface area contributed by atoms with E-state index in [9.17, 15) is 0 Å². The Labute approximate surface area is 98.0 Å². The first-order chi connectivity index (χ1) is 7.74. The molecule has 90 valence electrons. The molecule has 2 N–H and O–H groups in total. The van der Waals surface area contributed by atoms with Gasteiger partial charge in [-0.15, -0.1) is 0 Å². The number of H-pyrrole nitrogens is 1. The minimum absolute atomic E-state index is 0.674. The summed E-state index contributed by atoms with van der Waals surface area (Å²) < 4.78 is 0. The molecule has 1 heterocycles. The summed E-state index contributed by atoms with van der Waals surface area (Å²) in [5.74, 6) is 2.48. The lowest BCUT2D eigenvalue weighted by Gasteiger charge is -2.25. The van der Waals surface area contributed by atoms with Crippen LogP contribution in [0.5, 0.6) is 0 Å². The second-order valence-corrected chi connectivity index (χ2v) is 5.13. The molecule has 2 rings (SSSR count). The Morgan fingerprint density at radius 2 is 2.31 bits per heavy atom. The average Bonchev–Trinajstić information content (AvgIpc) is 2.69. The quantitative estimate of drug-likeness (QED) is 0.819. The van der Waals surface area contributed by atoms with Crippen molar-refractivity contribution in [2.75, 3.05) is 11.9 Å². The number of aromatic nitrogens is 2. The normalized spacial score (nSPS) is 19.9. The Bertz CT molecular complexity index is 341. The van der Waals surface area contributed by atoms with E-state index >= 15 is 0 Å². The van der Waals surface area contributed by atoms with Gasteiger partial charge in [0.25, 0.3) is 0 Å². The molecule has 3 heteroatoms. The first-order valence-corrected chi connectivity index (χ1v) is 6.55. The molecule has 1 aromatic rings. The largest absolute Gasteiger partial charge is 0.368 e. The molecular weight excluding hydrogens is 198 g/mol. The van der Waals surface area contributed by atoms with E-state index in [4.69, 9.17) is 0 Å². The lowest BCUT2D eigenvalue weighted by molar-refractivity contribution is 0.425. The third-order valence-electron chi connectivity index (χ3n) is 3.56. The highest BCUT2D eigenvalue weighted by Gasteiger charge is 2.27. The van der Waals surface area contributed by atoms with E-state index in [0.29, 0.717) is 11.8 Å². The van der Waals surface area contributed by atoms with Crippen LogP contribution in [-0.2, 0) is 6.42 Å². The van der Waals surface area contributed by atoms with Crippen LogP contribution in [0, 0.1) is 5.92 Å². The maximum absolute atomic E-state index is 4.43. The smallest absolute Gasteiger partial charge is 0.151 e. The van der Waals surface area contributed by atoms with Crippen molar-refractivity contribution >= 4 is 5.82 Å². The maximum atomic E-state index is 4.43. The Morgan fingerprint density at radius 3 is 3.00 bits per heavy atom. The highest BCUT2D eigenvalue weighted by atomic mass is 15.2. The van der Waals surface area contributed by atoms with E-state index in [1.54, 1.807) is 0 Å². The van der Waals surface area contributed by atoms with Crippen LogP contribution in [0.15, 0.2) is 0 Å². The number of nitrogens with one attached hydrogen (secondary N) is 2. The van der Waals surface area contributed by atoms with Crippen LogP contribution in [0.2, 0.25) is 0 Å². The fourth-order valence-electron chi connectivity index (χ4n) is 2.64. The van der Waals surface area contributed by atoms with E-state index in [1.807, 2.05) is 0 Å². The summed E-state index contributed by atoms with van der Waals surface area (Å²) in [6.45, 7) is 7.81. The highest BCUT2D eigenvalue weighted by molar-refractivity contribution is 5.48. The fraction of sp³-hybridized carbons (Fsp3) is 0.769. The predicted octanol–water partition coefficient (Wildman–Crippen LogP) is 3.31. The molecule has 1 aromatic heterocycles. The molecular formula is C13H23N3. The van der Waals surface area contributed by atoms with Gasteiger partial charge in [-0.25, -0.2) is 0 Å². The number of hydrogen-bond acceptors (Lipinski definition) is 2. The van der Waals surface area contributed by atoms with E-state index in [1.165, 1.54) is 30.5 Å². The number of aromatic amines is 1. The SMILES string of the molecule is CCCNc1n[nH]c2c1CCCC2C(C)C. The van der Waals surface area contributed by atoms with Gasteiger partial charge in [0.05, 0.1) is 0 Å². The topological polar surface area (TPSA) is 40.7 Å². The molecule has 0 saturated heterocycles. The minimum Gasteiger partial charge on any atom is -0.368 e. The van der Waals surface area contributed by atoms with Crippen LogP contribution >= 0.6 is 0 Å². The third kappa shape index (κ3) is 2.08. The van der Waals surface area contributed by atoms with Crippen LogP contribution < -0.4 is 5.32 Å². The van der Waals surface area contributed by atoms with Crippen molar-refractivity contribution in [1.29, 1.82) is 0 Å². The Hall–Kier alpha value is -0.990. The van der Waals surface area contributed by atoms with Crippen LogP contribution in [0.3, 0.4) is 0 Å². The summed E-state index contributed by atoms with van der Waals surface area (Å²) >= 11 is 0. The van der Waals surface area contributed by atoms with Crippen molar-refractivity contribution in [2.24, 2.45) is 5.92 Å². The molecule has 1 atom stereocenters. The van der Waals surface area contributed by atoms with Crippen molar-refractivity contribution in [1.82, 2.24) is 10.2 Å². The summed E-state index contributed by atoms with van der Waals surface area (Å²) in [6, 6.07) is 0. The van der Waals surface area contributed by atoms with Gasteiger partial charge < -0.3 is 5.32 Å². The highest BCUT2D eigenvalue weighted by Crippen LogP contribution is 2.37. The second kappa shape index (κ2) is 4.89. The molecule has 0 fully saturated rings. The first-order valence-electron chi connectivity index (χ1n) is 6.55. The van der Waals surface area contributed by atoms with Gasteiger partial charge in [0.1, 0.15) is 0 Å². The Morgan fingerprint density at radius 1 is 1.50 bits per heavy atom. The van der Waals surface area contributed by atoms with Gasteiger partial charge in [0, 0.05) is 23.7 Å². The van der Waals surface area contributed by atoms with Crippen molar-refractivity contribution in [3.05, 3.63) is 11.3 Å². The maximum Gasteiger partial charge on any atom is 0.151 e.